The third-order valence-corrected chi connectivity index (χ3v) is 6.43. The lowest BCUT2D eigenvalue weighted by Gasteiger charge is -2.38. The third kappa shape index (κ3) is 4.27. The van der Waals surface area contributed by atoms with E-state index in [1.807, 2.05) is 6.92 Å². The molecule has 1 amide bonds. The summed E-state index contributed by atoms with van der Waals surface area (Å²) in [5, 5.41) is 0.459. The maximum atomic E-state index is 12.6. The van der Waals surface area contributed by atoms with Gasteiger partial charge >= 0.3 is 0 Å². The molecule has 1 aliphatic rings. The molecule has 8 heteroatoms. The van der Waals surface area contributed by atoms with Crippen molar-refractivity contribution in [2.75, 3.05) is 20.1 Å². The number of amides is 1. The van der Waals surface area contributed by atoms with Gasteiger partial charge in [0.2, 0.25) is 15.9 Å². The van der Waals surface area contributed by atoms with Crippen LogP contribution >= 0.6 is 11.6 Å². The van der Waals surface area contributed by atoms with Crippen molar-refractivity contribution in [3.63, 3.8) is 0 Å². The van der Waals surface area contributed by atoms with Crippen LogP contribution in [0.15, 0.2) is 29.2 Å². The van der Waals surface area contributed by atoms with E-state index in [0.29, 0.717) is 11.6 Å². The Kier molecular flexibility index (Phi) is 6.25. The number of carbonyl (C=O) groups excluding carboxylic acids is 1. The zero-order valence-corrected chi connectivity index (χ0v) is 15.6. The summed E-state index contributed by atoms with van der Waals surface area (Å²) in [7, 11) is -2.32. The molecule has 2 unspecified atom stereocenters. The first-order valence-corrected chi connectivity index (χ1v) is 9.82. The number of likely N-dealkylation sites (tertiary alicyclic amines) is 1. The van der Waals surface area contributed by atoms with Gasteiger partial charge in [0.05, 0.1) is 11.4 Å². The van der Waals surface area contributed by atoms with Crippen LogP contribution < -0.4 is 5.73 Å². The number of rotatable bonds is 5. The van der Waals surface area contributed by atoms with Crippen LogP contribution in [0.25, 0.3) is 0 Å². The molecule has 2 atom stereocenters. The smallest absolute Gasteiger partial charge is 0.243 e. The van der Waals surface area contributed by atoms with Crippen molar-refractivity contribution >= 4 is 27.5 Å². The Morgan fingerprint density at radius 3 is 2.58 bits per heavy atom. The summed E-state index contributed by atoms with van der Waals surface area (Å²) >= 11 is 5.79. The SMILES string of the molecule is CC(N)C1CCCCN1C(=O)CN(C)S(=O)(=O)c1ccc(Cl)cc1. The molecule has 2 N–H and O–H groups in total. The summed E-state index contributed by atoms with van der Waals surface area (Å²) in [5.41, 5.74) is 5.98. The largest absolute Gasteiger partial charge is 0.337 e. The highest BCUT2D eigenvalue weighted by Gasteiger charge is 2.31. The number of nitrogens with two attached hydrogens (primary N) is 1. The monoisotopic (exact) mass is 373 g/mol. The van der Waals surface area contributed by atoms with Crippen LogP contribution in [-0.4, -0.2) is 55.8 Å². The van der Waals surface area contributed by atoms with Crippen molar-refractivity contribution in [1.29, 1.82) is 0 Å². The minimum absolute atomic E-state index is 0.0297. The third-order valence-electron chi connectivity index (χ3n) is 4.36. The van der Waals surface area contributed by atoms with Crippen molar-refractivity contribution in [2.45, 2.75) is 43.2 Å². The quantitative estimate of drug-likeness (QED) is 0.851. The predicted octanol–water partition coefficient (Wildman–Crippen LogP) is 1.69. The van der Waals surface area contributed by atoms with Gasteiger partial charge in [-0.2, -0.15) is 4.31 Å². The minimum atomic E-state index is -3.73. The average Bonchev–Trinajstić information content (AvgIpc) is 2.55. The average molecular weight is 374 g/mol. The number of hydrogen-bond acceptors (Lipinski definition) is 4. The lowest BCUT2D eigenvalue weighted by Crippen LogP contribution is -2.54. The van der Waals surface area contributed by atoms with Crippen molar-refractivity contribution in [3.8, 4) is 0 Å². The highest BCUT2D eigenvalue weighted by atomic mass is 35.5. The molecule has 1 fully saturated rings. The van der Waals surface area contributed by atoms with E-state index in [2.05, 4.69) is 0 Å². The Morgan fingerprint density at radius 1 is 1.38 bits per heavy atom. The molecule has 0 radical (unpaired) electrons. The molecule has 6 nitrogen and oxygen atoms in total. The maximum absolute atomic E-state index is 12.6. The Hall–Kier alpha value is -1.15. The molecule has 1 aromatic rings. The number of likely N-dealkylation sites (N-methyl/N-ethyl adjacent to an activating group) is 1. The second-order valence-electron chi connectivity index (χ2n) is 6.22. The van der Waals surface area contributed by atoms with E-state index in [1.54, 1.807) is 4.90 Å². The van der Waals surface area contributed by atoms with Gasteiger partial charge in [-0.15, -0.1) is 0 Å². The number of carbonyl (C=O) groups is 1. The maximum Gasteiger partial charge on any atom is 0.243 e. The van der Waals surface area contributed by atoms with Crippen molar-refractivity contribution in [2.24, 2.45) is 5.73 Å². The fraction of sp³-hybridized carbons (Fsp3) is 0.562. The lowest BCUT2D eigenvalue weighted by atomic mass is 9.97. The highest BCUT2D eigenvalue weighted by molar-refractivity contribution is 7.89. The summed E-state index contributed by atoms with van der Waals surface area (Å²) in [5.74, 6) is -0.211. The van der Waals surface area contributed by atoms with Gasteiger partial charge in [0.15, 0.2) is 0 Å². The first-order chi connectivity index (χ1) is 11.2. The van der Waals surface area contributed by atoms with Crippen LogP contribution in [0.4, 0.5) is 0 Å². The van der Waals surface area contributed by atoms with E-state index in [0.717, 1.165) is 23.6 Å². The molecule has 1 aromatic carbocycles. The zero-order chi connectivity index (χ0) is 17.9. The molecule has 24 heavy (non-hydrogen) atoms. The van der Waals surface area contributed by atoms with E-state index in [-0.39, 0.29) is 29.4 Å². The van der Waals surface area contributed by atoms with Gasteiger partial charge in [0.25, 0.3) is 0 Å². The predicted molar refractivity (Wildman–Crippen MR) is 94.3 cm³/mol. The van der Waals surface area contributed by atoms with Crippen LogP contribution in [0.3, 0.4) is 0 Å². The van der Waals surface area contributed by atoms with Crippen LogP contribution in [0.2, 0.25) is 5.02 Å². The van der Waals surface area contributed by atoms with E-state index in [1.165, 1.54) is 31.3 Å². The van der Waals surface area contributed by atoms with Crippen LogP contribution in [0.1, 0.15) is 26.2 Å². The molecule has 1 aliphatic heterocycles. The van der Waals surface area contributed by atoms with E-state index < -0.39 is 10.0 Å². The Balaban J connectivity index is 2.11. The zero-order valence-electron chi connectivity index (χ0n) is 14.0. The fourth-order valence-corrected chi connectivity index (χ4v) is 4.21. The molecular formula is C16H24ClN3O3S. The second kappa shape index (κ2) is 7.82. The number of halogens is 1. The highest BCUT2D eigenvalue weighted by Crippen LogP contribution is 2.21. The van der Waals surface area contributed by atoms with Crippen LogP contribution in [-0.2, 0) is 14.8 Å². The number of hydrogen-bond donors (Lipinski definition) is 1. The van der Waals surface area contributed by atoms with E-state index >= 15 is 0 Å². The Bertz CT molecular complexity index is 676. The summed E-state index contributed by atoms with van der Waals surface area (Å²) < 4.78 is 26.2. The summed E-state index contributed by atoms with van der Waals surface area (Å²) in [6, 6.07) is 5.74. The number of benzene rings is 1. The number of nitrogens with zero attached hydrogens (tertiary/aromatic N) is 2. The Morgan fingerprint density at radius 2 is 2.00 bits per heavy atom. The summed E-state index contributed by atoms with van der Waals surface area (Å²) in [6.45, 7) is 2.30. The van der Waals surface area contributed by atoms with Gasteiger partial charge in [-0.25, -0.2) is 8.42 Å². The molecule has 1 heterocycles. The lowest BCUT2D eigenvalue weighted by molar-refractivity contribution is -0.135. The molecule has 0 spiro atoms. The molecular weight excluding hydrogens is 350 g/mol. The molecule has 0 saturated carbocycles. The number of sulfonamides is 1. The van der Waals surface area contributed by atoms with Crippen LogP contribution in [0, 0.1) is 0 Å². The molecule has 0 bridgehead atoms. The first-order valence-electron chi connectivity index (χ1n) is 8.00. The van der Waals surface area contributed by atoms with Crippen molar-refractivity contribution in [3.05, 3.63) is 29.3 Å². The van der Waals surface area contributed by atoms with Crippen molar-refractivity contribution < 1.29 is 13.2 Å². The van der Waals surface area contributed by atoms with Crippen molar-refractivity contribution in [1.82, 2.24) is 9.21 Å². The van der Waals surface area contributed by atoms with Crippen LogP contribution in [0.5, 0.6) is 0 Å². The second-order valence-corrected chi connectivity index (χ2v) is 8.71. The molecule has 0 aromatic heterocycles. The molecule has 2 rings (SSSR count). The molecule has 0 aliphatic carbocycles. The fourth-order valence-electron chi connectivity index (χ4n) is 2.97. The minimum Gasteiger partial charge on any atom is -0.337 e. The summed E-state index contributed by atoms with van der Waals surface area (Å²) in [4.78, 5) is 14.4. The molecule has 134 valence electrons. The van der Waals surface area contributed by atoms with E-state index in [4.69, 9.17) is 17.3 Å². The van der Waals surface area contributed by atoms with E-state index in [9.17, 15) is 13.2 Å². The standard InChI is InChI=1S/C16H24ClN3O3S/c1-12(18)15-5-3-4-10-20(15)16(21)11-19(2)24(22,23)14-8-6-13(17)7-9-14/h6-9,12,15H,3-5,10-11,18H2,1-2H3. The topological polar surface area (TPSA) is 83.7 Å². The first kappa shape index (κ1) is 19.2. The Labute approximate surface area is 148 Å². The van der Waals surface area contributed by atoms with Gasteiger partial charge in [-0.05, 0) is 50.5 Å². The van der Waals surface area contributed by atoms with Gasteiger partial charge < -0.3 is 10.6 Å². The normalized spacial score (nSPS) is 20.2. The summed E-state index contributed by atoms with van der Waals surface area (Å²) in [6.07, 6.45) is 2.81. The van der Waals surface area contributed by atoms with Gasteiger partial charge in [0.1, 0.15) is 0 Å². The van der Waals surface area contributed by atoms with Gasteiger partial charge in [-0.3, -0.25) is 4.79 Å². The number of piperidine rings is 1. The van der Waals surface area contributed by atoms with Gasteiger partial charge in [-0.1, -0.05) is 11.6 Å². The van der Waals surface area contributed by atoms with Gasteiger partial charge in [0, 0.05) is 30.7 Å². The molecule has 1 saturated heterocycles.